The fourth-order valence-corrected chi connectivity index (χ4v) is 4.63. The third-order valence-corrected chi connectivity index (χ3v) is 5.81. The van der Waals surface area contributed by atoms with Crippen LogP contribution in [0.25, 0.3) is 0 Å². The zero-order valence-electron chi connectivity index (χ0n) is 14.8. The summed E-state index contributed by atoms with van der Waals surface area (Å²) in [5.74, 6) is 0.131. The van der Waals surface area contributed by atoms with Gasteiger partial charge in [-0.15, -0.1) is 11.3 Å². The largest absolute Gasteiger partial charge is 0.465 e. The Morgan fingerprint density at radius 2 is 2.00 bits per heavy atom. The lowest BCUT2D eigenvalue weighted by molar-refractivity contribution is -0.115. The molecule has 4 nitrogen and oxygen atoms in total. The third kappa shape index (κ3) is 3.93. The third-order valence-electron chi connectivity index (χ3n) is 4.64. The number of hydrogen-bond donors (Lipinski definition) is 1. The van der Waals surface area contributed by atoms with Crippen LogP contribution in [-0.4, -0.2) is 19.0 Å². The number of carbonyl (C=O) groups excluding carboxylic acids is 2. The van der Waals surface area contributed by atoms with E-state index in [0.717, 1.165) is 36.0 Å². The average molecular weight is 357 g/mol. The number of fused-ring (bicyclic) bond motifs is 1. The van der Waals surface area contributed by atoms with Crippen molar-refractivity contribution in [1.29, 1.82) is 0 Å². The summed E-state index contributed by atoms with van der Waals surface area (Å²) in [4.78, 5) is 25.9. The van der Waals surface area contributed by atoms with Crippen molar-refractivity contribution in [2.75, 3.05) is 12.4 Å². The van der Waals surface area contributed by atoms with E-state index in [1.165, 1.54) is 23.3 Å². The van der Waals surface area contributed by atoms with E-state index >= 15 is 0 Å². The van der Waals surface area contributed by atoms with Crippen LogP contribution in [0.15, 0.2) is 24.3 Å². The minimum Gasteiger partial charge on any atom is -0.465 e. The van der Waals surface area contributed by atoms with Gasteiger partial charge in [0.15, 0.2) is 0 Å². The number of methoxy groups -OCH3 is 1. The van der Waals surface area contributed by atoms with Crippen molar-refractivity contribution in [3.63, 3.8) is 0 Å². The first-order chi connectivity index (χ1) is 12.0. The molecule has 1 amide bonds. The summed E-state index contributed by atoms with van der Waals surface area (Å²) in [5.41, 5.74) is 3.72. The molecule has 0 bridgehead atoms. The van der Waals surface area contributed by atoms with Gasteiger partial charge in [0, 0.05) is 4.88 Å². The lowest BCUT2D eigenvalue weighted by atomic mass is 9.88. The number of esters is 1. The van der Waals surface area contributed by atoms with Gasteiger partial charge in [-0.2, -0.15) is 0 Å². The molecule has 5 heteroatoms. The highest BCUT2D eigenvalue weighted by molar-refractivity contribution is 7.17. The van der Waals surface area contributed by atoms with E-state index in [4.69, 9.17) is 4.74 Å². The predicted molar refractivity (Wildman–Crippen MR) is 100 cm³/mol. The van der Waals surface area contributed by atoms with E-state index in [9.17, 15) is 9.59 Å². The van der Waals surface area contributed by atoms with Crippen molar-refractivity contribution in [3.05, 3.63) is 51.4 Å². The molecule has 1 heterocycles. The van der Waals surface area contributed by atoms with Crippen LogP contribution in [0.1, 0.15) is 45.3 Å². The monoisotopic (exact) mass is 357 g/mol. The molecule has 1 aliphatic rings. The van der Waals surface area contributed by atoms with Crippen LogP contribution >= 0.6 is 11.3 Å². The number of carbonyl (C=O) groups is 2. The number of nitrogens with one attached hydrogen (secondary N) is 1. The molecule has 1 unspecified atom stereocenters. The number of anilines is 1. The Kier molecular flexibility index (Phi) is 5.23. The van der Waals surface area contributed by atoms with Crippen molar-refractivity contribution in [3.8, 4) is 0 Å². The van der Waals surface area contributed by atoms with Crippen molar-refractivity contribution < 1.29 is 14.3 Å². The highest BCUT2D eigenvalue weighted by atomic mass is 32.1. The van der Waals surface area contributed by atoms with Gasteiger partial charge in [0.1, 0.15) is 5.00 Å². The van der Waals surface area contributed by atoms with E-state index in [-0.39, 0.29) is 11.9 Å². The molecule has 0 fully saturated rings. The molecule has 1 atom stereocenters. The molecule has 0 saturated heterocycles. The van der Waals surface area contributed by atoms with Crippen molar-refractivity contribution in [2.24, 2.45) is 5.92 Å². The SMILES string of the molecule is COC(=O)c1c(NC(=O)Cc2ccc(C)cc2)sc2c1CCC(C)C2. The molecule has 2 aromatic rings. The molecule has 1 N–H and O–H groups in total. The maximum Gasteiger partial charge on any atom is 0.341 e. The quantitative estimate of drug-likeness (QED) is 0.837. The Labute approximate surface area is 152 Å². The van der Waals surface area contributed by atoms with Gasteiger partial charge in [-0.1, -0.05) is 36.8 Å². The lowest BCUT2D eigenvalue weighted by Gasteiger charge is -2.18. The molecule has 0 spiro atoms. The van der Waals surface area contributed by atoms with Crippen molar-refractivity contribution in [2.45, 2.75) is 39.5 Å². The number of aryl methyl sites for hydroxylation is 1. The molecule has 3 rings (SSSR count). The molecule has 1 aromatic heterocycles. The van der Waals surface area contributed by atoms with Gasteiger partial charge < -0.3 is 10.1 Å². The van der Waals surface area contributed by atoms with Crippen LogP contribution in [0.4, 0.5) is 5.00 Å². The molecular weight excluding hydrogens is 334 g/mol. The zero-order valence-corrected chi connectivity index (χ0v) is 15.7. The Bertz CT molecular complexity index is 792. The van der Waals surface area contributed by atoms with Gasteiger partial charge in [-0.3, -0.25) is 4.79 Å². The summed E-state index contributed by atoms with van der Waals surface area (Å²) in [5, 5.41) is 3.57. The van der Waals surface area contributed by atoms with Gasteiger partial charge in [0.2, 0.25) is 5.91 Å². The molecule has 0 aliphatic heterocycles. The maximum atomic E-state index is 12.5. The van der Waals surface area contributed by atoms with Crippen LogP contribution < -0.4 is 5.32 Å². The van der Waals surface area contributed by atoms with Gasteiger partial charge in [-0.25, -0.2) is 4.79 Å². The summed E-state index contributed by atoms with van der Waals surface area (Å²) < 4.78 is 4.96. The van der Waals surface area contributed by atoms with E-state index in [2.05, 4.69) is 12.2 Å². The standard InChI is InChI=1S/C20H23NO3S/c1-12-4-7-14(8-5-12)11-17(22)21-19-18(20(23)24-3)15-9-6-13(2)10-16(15)25-19/h4-5,7-8,13H,6,9-11H2,1-3H3,(H,21,22). The number of thiophene rings is 1. The number of amides is 1. The summed E-state index contributed by atoms with van der Waals surface area (Å²) in [6.07, 6.45) is 3.17. The normalized spacial score (nSPS) is 16.2. The number of benzene rings is 1. The summed E-state index contributed by atoms with van der Waals surface area (Å²) in [6.45, 7) is 4.24. The zero-order chi connectivity index (χ0) is 18.0. The minimum absolute atomic E-state index is 0.111. The smallest absolute Gasteiger partial charge is 0.341 e. The first-order valence-electron chi connectivity index (χ1n) is 8.56. The molecule has 0 saturated carbocycles. The minimum atomic E-state index is -0.363. The van der Waals surface area contributed by atoms with E-state index < -0.39 is 0 Å². The van der Waals surface area contributed by atoms with Crippen LogP contribution in [-0.2, 0) is 28.8 Å². The summed E-state index contributed by atoms with van der Waals surface area (Å²) in [7, 11) is 1.38. The molecule has 1 aromatic carbocycles. The van der Waals surface area contributed by atoms with Gasteiger partial charge >= 0.3 is 5.97 Å². The number of ether oxygens (including phenoxy) is 1. The Morgan fingerprint density at radius 1 is 1.28 bits per heavy atom. The van der Waals surface area contributed by atoms with Crippen molar-refractivity contribution >= 4 is 28.2 Å². The van der Waals surface area contributed by atoms with E-state index in [1.807, 2.05) is 31.2 Å². The van der Waals surface area contributed by atoms with E-state index in [1.54, 1.807) is 0 Å². The molecule has 132 valence electrons. The second kappa shape index (κ2) is 7.40. The van der Waals surface area contributed by atoms with Crippen LogP contribution in [0.3, 0.4) is 0 Å². The van der Waals surface area contributed by atoms with Gasteiger partial charge in [0.25, 0.3) is 0 Å². The van der Waals surface area contributed by atoms with Gasteiger partial charge in [0.05, 0.1) is 19.1 Å². The summed E-state index contributed by atoms with van der Waals surface area (Å²) >= 11 is 1.52. The first-order valence-corrected chi connectivity index (χ1v) is 9.37. The predicted octanol–water partition coefficient (Wildman–Crippen LogP) is 4.15. The highest BCUT2D eigenvalue weighted by Gasteiger charge is 2.28. The van der Waals surface area contributed by atoms with Gasteiger partial charge in [-0.05, 0) is 43.2 Å². The Morgan fingerprint density at radius 3 is 2.68 bits per heavy atom. The van der Waals surface area contributed by atoms with Crippen LogP contribution in [0, 0.1) is 12.8 Å². The lowest BCUT2D eigenvalue weighted by Crippen LogP contribution is -2.17. The maximum absolute atomic E-state index is 12.5. The van der Waals surface area contributed by atoms with E-state index in [0.29, 0.717) is 22.9 Å². The molecule has 1 aliphatic carbocycles. The summed E-state index contributed by atoms with van der Waals surface area (Å²) in [6, 6.07) is 7.90. The van der Waals surface area contributed by atoms with Crippen LogP contribution in [0.5, 0.6) is 0 Å². The fourth-order valence-electron chi connectivity index (χ4n) is 3.22. The fraction of sp³-hybridized carbons (Fsp3) is 0.400. The Balaban J connectivity index is 1.82. The number of rotatable bonds is 4. The van der Waals surface area contributed by atoms with Crippen molar-refractivity contribution in [1.82, 2.24) is 0 Å². The van der Waals surface area contributed by atoms with Crippen LogP contribution in [0.2, 0.25) is 0 Å². The first kappa shape index (κ1) is 17.7. The highest BCUT2D eigenvalue weighted by Crippen LogP contribution is 2.40. The Hall–Kier alpha value is -2.14. The average Bonchev–Trinajstić information content (AvgIpc) is 2.92. The second-order valence-electron chi connectivity index (χ2n) is 6.76. The molecular formula is C20H23NO3S. The topological polar surface area (TPSA) is 55.4 Å². The molecule has 25 heavy (non-hydrogen) atoms. The second-order valence-corrected chi connectivity index (χ2v) is 7.86. The number of hydrogen-bond acceptors (Lipinski definition) is 4. The molecule has 0 radical (unpaired) electrons.